The van der Waals surface area contributed by atoms with Crippen LogP contribution in [0.3, 0.4) is 0 Å². The Hall–Kier alpha value is -1.31. The second-order valence-corrected chi connectivity index (χ2v) is 5.69. The Morgan fingerprint density at radius 3 is 2.88 bits per heavy atom. The first kappa shape index (κ1) is 9.69. The van der Waals surface area contributed by atoms with Gasteiger partial charge in [-0.2, -0.15) is 0 Å². The molecule has 2 heteroatoms. The molecule has 1 nitrogen and oxygen atoms in total. The number of para-hydroxylation sites is 1. The normalized spacial score (nSPS) is 31.5. The van der Waals surface area contributed by atoms with Gasteiger partial charge in [0.15, 0.2) is 0 Å². The van der Waals surface area contributed by atoms with Gasteiger partial charge in [-0.05, 0) is 48.6 Å². The van der Waals surface area contributed by atoms with Crippen LogP contribution < -0.4 is 0 Å². The van der Waals surface area contributed by atoms with Crippen LogP contribution in [0.5, 0.6) is 0 Å². The standard InChI is InChI=1S/C15H16FN/c16-14-3-1-2-11-13(8-17-15(11)14)12-7-9-4-5-10(12)6-9/h1-3,8-10,12,17H,4-7H2. The maximum atomic E-state index is 13.6. The number of aromatic nitrogens is 1. The van der Waals surface area contributed by atoms with Crippen LogP contribution in [-0.2, 0) is 0 Å². The maximum absolute atomic E-state index is 13.6. The third kappa shape index (κ3) is 1.30. The van der Waals surface area contributed by atoms with Crippen LogP contribution in [-0.4, -0.2) is 4.98 Å². The SMILES string of the molecule is Fc1cccc2c(C3CC4CCC3C4)c[nH]c12. The van der Waals surface area contributed by atoms with Crippen LogP contribution >= 0.6 is 0 Å². The minimum absolute atomic E-state index is 0.128. The Labute approximate surface area is 100 Å². The molecular formula is C15H16FN. The molecule has 88 valence electrons. The third-order valence-electron chi connectivity index (χ3n) is 4.83. The summed E-state index contributed by atoms with van der Waals surface area (Å²) >= 11 is 0. The zero-order chi connectivity index (χ0) is 11.4. The summed E-state index contributed by atoms with van der Waals surface area (Å²) in [6, 6.07) is 5.40. The Morgan fingerprint density at radius 2 is 2.12 bits per heavy atom. The van der Waals surface area contributed by atoms with Gasteiger partial charge in [0.05, 0.1) is 5.52 Å². The fourth-order valence-corrected chi connectivity index (χ4v) is 4.07. The quantitative estimate of drug-likeness (QED) is 0.754. The van der Waals surface area contributed by atoms with Gasteiger partial charge in [0, 0.05) is 11.6 Å². The molecule has 1 aromatic heterocycles. The van der Waals surface area contributed by atoms with Crippen molar-refractivity contribution in [1.82, 2.24) is 4.98 Å². The van der Waals surface area contributed by atoms with Gasteiger partial charge in [0.1, 0.15) is 5.82 Å². The highest BCUT2D eigenvalue weighted by atomic mass is 19.1. The Balaban J connectivity index is 1.84. The average Bonchev–Trinajstić information content (AvgIpc) is 3.03. The van der Waals surface area contributed by atoms with Crippen molar-refractivity contribution in [3.63, 3.8) is 0 Å². The predicted molar refractivity (Wildman–Crippen MR) is 66.4 cm³/mol. The molecule has 2 bridgehead atoms. The lowest BCUT2D eigenvalue weighted by molar-refractivity contribution is 0.422. The monoisotopic (exact) mass is 229 g/mol. The van der Waals surface area contributed by atoms with E-state index in [1.165, 1.54) is 37.3 Å². The van der Waals surface area contributed by atoms with Crippen LogP contribution in [0.25, 0.3) is 10.9 Å². The Kier molecular flexibility index (Phi) is 1.91. The molecule has 2 aliphatic carbocycles. The maximum Gasteiger partial charge on any atom is 0.147 e. The summed E-state index contributed by atoms with van der Waals surface area (Å²) in [5, 5.41) is 1.10. The molecular weight excluding hydrogens is 213 g/mol. The van der Waals surface area contributed by atoms with E-state index in [1.54, 1.807) is 0 Å². The topological polar surface area (TPSA) is 15.8 Å². The molecule has 2 fully saturated rings. The molecule has 0 radical (unpaired) electrons. The van der Waals surface area contributed by atoms with Crippen molar-refractivity contribution in [3.8, 4) is 0 Å². The minimum atomic E-state index is -0.128. The van der Waals surface area contributed by atoms with E-state index < -0.39 is 0 Å². The number of hydrogen-bond acceptors (Lipinski definition) is 0. The minimum Gasteiger partial charge on any atom is -0.359 e. The number of halogens is 1. The van der Waals surface area contributed by atoms with Crippen molar-refractivity contribution in [1.29, 1.82) is 0 Å². The molecule has 4 rings (SSSR count). The zero-order valence-electron chi connectivity index (χ0n) is 9.75. The number of benzene rings is 1. The zero-order valence-corrected chi connectivity index (χ0v) is 9.75. The summed E-state index contributed by atoms with van der Waals surface area (Å²) in [6.07, 6.45) is 7.54. The molecule has 1 N–H and O–H groups in total. The van der Waals surface area contributed by atoms with Gasteiger partial charge in [-0.15, -0.1) is 0 Å². The third-order valence-corrected chi connectivity index (χ3v) is 4.83. The molecule has 2 aromatic rings. The van der Waals surface area contributed by atoms with Gasteiger partial charge in [0.25, 0.3) is 0 Å². The second-order valence-electron chi connectivity index (χ2n) is 5.69. The summed E-state index contributed by atoms with van der Waals surface area (Å²) in [5.74, 6) is 2.33. The Morgan fingerprint density at radius 1 is 1.18 bits per heavy atom. The van der Waals surface area contributed by atoms with E-state index in [0.717, 1.165) is 17.2 Å². The van der Waals surface area contributed by atoms with Crippen LogP contribution in [0.2, 0.25) is 0 Å². The van der Waals surface area contributed by atoms with Gasteiger partial charge < -0.3 is 4.98 Å². The smallest absolute Gasteiger partial charge is 0.147 e. The van der Waals surface area contributed by atoms with E-state index in [2.05, 4.69) is 11.1 Å². The first-order valence-electron chi connectivity index (χ1n) is 6.58. The molecule has 0 aliphatic heterocycles. The highest BCUT2D eigenvalue weighted by Crippen LogP contribution is 2.53. The lowest BCUT2D eigenvalue weighted by Crippen LogP contribution is -2.07. The van der Waals surface area contributed by atoms with E-state index in [0.29, 0.717) is 11.4 Å². The number of aromatic amines is 1. The summed E-state index contributed by atoms with van der Waals surface area (Å²) in [5.41, 5.74) is 2.04. The van der Waals surface area contributed by atoms with Gasteiger partial charge in [0.2, 0.25) is 0 Å². The number of rotatable bonds is 1. The molecule has 0 amide bonds. The molecule has 0 saturated heterocycles. The van der Waals surface area contributed by atoms with Gasteiger partial charge in [-0.25, -0.2) is 4.39 Å². The van der Waals surface area contributed by atoms with E-state index in [1.807, 2.05) is 12.3 Å². The first-order valence-corrected chi connectivity index (χ1v) is 6.58. The van der Waals surface area contributed by atoms with Gasteiger partial charge in [-0.1, -0.05) is 18.6 Å². The van der Waals surface area contributed by atoms with Crippen LogP contribution in [0.1, 0.15) is 37.2 Å². The predicted octanol–water partition coefficient (Wildman–Crippen LogP) is 4.21. The van der Waals surface area contributed by atoms with Gasteiger partial charge >= 0.3 is 0 Å². The lowest BCUT2D eigenvalue weighted by Gasteiger charge is -2.21. The van der Waals surface area contributed by atoms with Crippen molar-refractivity contribution in [2.75, 3.05) is 0 Å². The second kappa shape index (κ2) is 3.34. The highest BCUT2D eigenvalue weighted by molar-refractivity contribution is 5.84. The average molecular weight is 229 g/mol. The van der Waals surface area contributed by atoms with Crippen LogP contribution in [0.4, 0.5) is 4.39 Å². The fraction of sp³-hybridized carbons (Fsp3) is 0.467. The van der Waals surface area contributed by atoms with E-state index in [9.17, 15) is 4.39 Å². The van der Waals surface area contributed by atoms with Gasteiger partial charge in [-0.3, -0.25) is 0 Å². The molecule has 0 spiro atoms. The van der Waals surface area contributed by atoms with Crippen molar-refractivity contribution in [3.05, 3.63) is 35.8 Å². The van der Waals surface area contributed by atoms with Crippen LogP contribution in [0.15, 0.2) is 24.4 Å². The van der Waals surface area contributed by atoms with E-state index in [4.69, 9.17) is 0 Å². The summed E-state index contributed by atoms with van der Waals surface area (Å²) in [6.45, 7) is 0. The summed E-state index contributed by atoms with van der Waals surface area (Å²) < 4.78 is 13.6. The molecule has 3 atom stereocenters. The van der Waals surface area contributed by atoms with E-state index >= 15 is 0 Å². The molecule has 1 heterocycles. The molecule has 2 aliphatic rings. The lowest BCUT2D eigenvalue weighted by atomic mass is 9.83. The fourth-order valence-electron chi connectivity index (χ4n) is 4.07. The van der Waals surface area contributed by atoms with Crippen LogP contribution in [0, 0.1) is 17.7 Å². The molecule has 17 heavy (non-hydrogen) atoms. The van der Waals surface area contributed by atoms with Crippen molar-refractivity contribution in [2.45, 2.75) is 31.6 Å². The van der Waals surface area contributed by atoms with Crippen molar-refractivity contribution < 1.29 is 4.39 Å². The summed E-state index contributed by atoms with van der Waals surface area (Å²) in [7, 11) is 0. The largest absolute Gasteiger partial charge is 0.359 e. The molecule has 3 unspecified atom stereocenters. The number of fused-ring (bicyclic) bond motifs is 3. The highest BCUT2D eigenvalue weighted by Gasteiger charge is 2.40. The van der Waals surface area contributed by atoms with Crippen molar-refractivity contribution in [2.24, 2.45) is 11.8 Å². The molecule has 1 aromatic carbocycles. The first-order chi connectivity index (χ1) is 8.33. The Bertz CT molecular complexity index is 571. The molecule has 2 saturated carbocycles. The van der Waals surface area contributed by atoms with E-state index in [-0.39, 0.29) is 5.82 Å². The number of H-pyrrole nitrogens is 1. The number of hydrogen-bond donors (Lipinski definition) is 1. The van der Waals surface area contributed by atoms with Crippen molar-refractivity contribution >= 4 is 10.9 Å². The number of nitrogens with one attached hydrogen (secondary N) is 1. The summed E-state index contributed by atoms with van der Waals surface area (Å²) in [4.78, 5) is 3.12.